The Morgan fingerprint density at radius 2 is 1.33 bits per heavy atom. The number of hydrogen-bond donors (Lipinski definition) is 0. The monoisotopic (exact) mass is 472 g/mol. The minimum atomic E-state index is -4.59. The molecule has 33 heavy (non-hydrogen) atoms. The first-order valence-electron chi connectivity index (χ1n) is 11.1. The Labute approximate surface area is 187 Å². The van der Waals surface area contributed by atoms with Crippen LogP contribution >= 0.6 is 0 Å². The van der Waals surface area contributed by atoms with Gasteiger partial charge in [0.25, 0.3) is 0 Å². The van der Waals surface area contributed by atoms with Crippen molar-refractivity contribution in [1.29, 1.82) is 0 Å². The van der Waals surface area contributed by atoms with Gasteiger partial charge in [-0.2, -0.15) is 8.78 Å². The normalized spacial score (nSPS) is 20.0. The van der Waals surface area contributed by atoms with Crippen molar-refractivity contribution >= 4 is 5.57 Å². The highest BCUT2D eigenvalue weighted by Gasteiger charge is 2.41. The first kappa shape index (κ1) is 23.6. The van der Waals surface area contributed by atoms with Crippen molar-refractivity contribution in [3.63, 3.8) is 0 Å². The van der Waals surface area contributed by atoms with Crippen molar-refractivity contribution in [3.8, 4) is 5.75 Å². The van der Waals surface area contributed by atoms with Crippen LogP contribution in [-0.4, -0.2) is 0 Å². The molecule has 0 aliphatic heterocycles. The highest BCUT2D eigenvalue weighted by molar-refractivity contribution is 5.67. The lowest BCUT2D eigenvalue weighted by molar-refractivity contribution is -0.189. The Bertz CT molecular complexity index is 1010. The number of halogens is 7. The van der Waals surface area contributed by atoms with E-state index < -0.39 is 46.5 Å². The van der Waals surface area contributed by atoms with Crippen LogP contribution in [-0.2, 0) is 6.11 Å². The SMILES string of the molecule is Fc1cc(OC(F)(F)c2c(F)cc(C3=CCC(C4CCCCC4)CC3)cc2F)cc(F)c1F. The van der Waals surface area contributed by atoms with Crippen molar-refractivity contribution < 1.29 is 35.5 Å². The van der Waals surface area contributed by atoms with Crippen LogP contribution in [0.5, 0.6) is 5.75 Å². The Morgan fingerprint density at radius 3 is 1.88 bits per heavy atom. The quantitative estimate of drug-likeness (QED) is 0.314. The fourth-order valence-corrected chi connectivity index (χ4v) is 4.98. The molecule has 0 N–H and O–H groups in total. The zero-order chi connectivity index (χ0) is 23.8. The molecule has 0 amide bonds. The van der Waals surface area contributed by atoms with E-state index in [1.807, 2.05) is 6.08 Å². The van der Waals surface area contributed by atoms with Crippen LogP contribution in [0.4, 0.5) is 30.7 Å². The average Bonchev–Trinajstić information content (AvgIpc) is 2.77. The Balaban J connectivity index is 1.54. The highest BCUT2D eigenvalue weighted by Crippen LogP contribution is 2.41. The van der Waals surface area contributed by atoms with Gasteiger partial charge in [-0.05, 0) is 54.4 Å². The molecule has 0 aromatic heterocycles. The fourth-order valence-electron chi connectivity index (χ4n) is 4.98. The summed E-state index contributed by atoms with van der Waals surface area (Å²) in [6, 6.07) is 1.97. The van der Waals surface area contributed by atoms with E-state index in [0.29, 0.717) is 23.8 Å². The van der Waals surface area contributed by atoms with Crippen LogP contribution in [0.2, 0.25) is 0 Å². The summed E-state index contributed by atoms with van der Waals surface area (Å²) < 4.78 is 102. The van der Waals surface area contributed by atoms with Crippen LogP contribution in [0.3, 0.4) is 0 Å². The van der Waals surface area contributed by atoms with Gasteiger partial charge in [-0.1, -0.05) is 38.2 Å². The zero-order valence-electron chi connectivity index (χ0n) is 17.8. The molecular formula is C25H23F7O. The number of allylic oxidation sites excluding steroid dienone is 2. The summed E-state index contributed by atoms with van der Waals surface area (Å²) in [6.07, 6.45) is 5.70. The molecule has 178 valence electrons. The molecule has 1 nitrogen and oxygen atoms in total. The predicted molar refractivity (Wildman–Crippen MR) is 109 cm³/mol. The second-order valence-corrected chi connectivity index (χ2v) is 8.80. The topological polar surface area (TPSA) is 9.23 Å². The maximum absolute atomic E-state index is 14.6. The van der Waals surface area contributed by atoms with E-state index in [1.54, 1.807) is 0 Å². The lowest BCUT2D eigenvalue weighted by atomic mass is 9.73. The number of hydrogen-bond acceptors (Lipinski definition) is 1. The maximum Gasteiger partial charge on any atom is 0.432 e. The Morgan fingerprint density at radius 1 is 0.727 bits per heavy atom. The second kappa shape index (κ2) is 9.39. The Hall–Kier alpha value is -2.51. The van der Waals surface area contributed by atoms with Crippen molar-refractivity contribution in [2.75, 3.05) is 0 Å². The number of rotatable bonds is 5. The van der Waals surface area contributed by atoms with E-state index in [0.717, 1.165) is 25.0 Å². The fraction of sp³-hybridized carbons (Fsp3) is 0.440. The standard InChI is InChI=1S/C25H23F7O/c26-19-10-17(16-8-6-15(7-9-16)14-4-2-1-3-5-14)11-20(27)23(19)25(31,32)33-18-12-21(28)24(30)22(29)13-18/h8,10-15H,1-7,9H2. The lowest BCUT2D eigenvalue weighted by Gasteiger charge is -2.32. The molecule has 2 aliphatic rings. The van der Waals surface area contributed by atoms with Crippen LogP contribution in [0.15, 0.2) is 30.3 Å². The van der Waals surface area contributed by atoms with E-state index in [9.17, 15) is 30.7 Å². The molecule has 8 heteroatoms. The second-order valence-electron chi connectivity index (χ2n) is 8.80. The van der Waals surface area contributed by atoms with E-state index in [2.05, 4.69) is 4.74 Å². The van der Waals surface area contributed by atoms with Gasteiger partial charge >= 0.3 is 6.11 Å². The number of benzene rings is 2. The summed E-state index contributed by atoms with van der Waals surface area (Å²) in [6.45, 7) is 0. The minimum Gasteiger partial charge on any atom is -0.429 e. The van der Waals surface area contributed by atoms with Gasteiger partial charge in [0.05, 0.1) is 0 Å². The van der Waals surface area contributed by atoms with Gasteiger partial charge < -0.3 is 4.74 Å². The Kier molecular flexibility index (Phi) is 6.73. The van der Waals surface area contributed by atoms with Gasteiger partial charge in [-0.25, -0.2) is 22.0 Å². The molecule has 2 aliphatic carbocycles. The van der Waals surface area contributed by atoms with Gasteiger partial charge in [-0.15, -0.1) is 0 Å². The van der Waals surface area contributed by atoms with Gasteiger partial charge in [-0.3, -0.25) is 0 Å². The highest BCUT2D eigenvalue weighted by atomic mass is 19.3. The number of alkyl halides is 2. The van der Waals surface area contributed by atoms with Gasteiger partial charge in [0.15, 0.2) is 17.5 Å². The summed E-state index contributed by atoms with van der Waals surface area (Å²) in [5.41, 5.74) is -0.822. The van der Waals surface area contributed by atoms with Crippen molar-refractivity contribution in [1.82, 2.24) is 0 Å². The lowest BCUT2D eigenvalue weighted by Crippen LogP contribution is -2.25. The molecular weight excluding hydrogens is 449 g/mol. The average molecular weight is 472 g/mol. The van der Waals surface area contributed by atoms with E-state index in [1.165, 1.54) is 32.1 Å². The first-order chi connectivity index (χ1) is 15.7. The molecule has 0 bridgehead atoms. The van der Waals surface area contributed by atoms with E-state index in [4.69, 9.17) is 0 Å². The largest absolute Gasteiger partial charge is 0.432 e. The van der Waals surface area contributed by atoms with Crippen molar-refractivity contribution in [2.24, 2.45) is 11.8 Å². The van der Waals surface area contributed by atoms with Crippen molar-refractivity contribution in [2.45, 2.75) is 57.5 Å². The number of ether oxygens (including phenoxy) is 1. The smallest absolute Gasteiger partial charge is 0.429 e. The molecule has 2 aromatic carbocycles. The molecule has 1 atom stereocenters. The summed E-state index contributed by atoms with van der Waals surface area (Å²) in [4.78, 5) is 0. The van der Waals surface area contributed by atoms with Gasteiger partial charge in [0, 0.05) is 12.1 Å². The third-order valence-electron chi connectivity index (χ3n) is 6.68. The van der Waals surface area contributed by atoms with Crippen molar-refractivity contribution in [3.05, 3.63) is 70.6 Å². The van der Waals surface area contributed by atoms with Crippen LogP contribution in [0.25, 0.3) is 5.57 Å². The summed E-state index contributed by atoms with van der Waals surface area (Å²) in [5.74, 6) is -8.44. The summed E-state index contributed by atoms with van der Waals surface area (Å²) in [7, 11) is 0. The summed E-state index contributed by atoms with van der Waals surface area (Å²) >= 11 is 0. The predicted octanol–water partition coefficient (Wildman–Crippen LogP) is 8.27. The van der Waals surface area contributed by atoms with Crippen LogP contribution in [0, 0.1) is 40.9 Å². The first-order valence-corrected chi connectivity index (χ1v) is 11.1. The molecule has 4 rings (SSSR count). The minimum absolute atomic E-state index is 0.172. The molecule has 0 heterocycles. The third-order valence-corrected chi connectivity index (χ3v) is 6.68. The van der Waals surface area contributed by atoms with E-state index in [-0.39, 0.29) is 17.7 Å². The van der Waals surface area contributed by atoms with Gasteiger partial charge in [0.1, 0.15) is 22.9 Å². The molecule has 0 saturated heterocycles. The zero-order valence-corrected chi connectivity index (χ0v) is 17.8. The molecule has 0 spiro atoms. The van der Waals surface area contributed by atoms with Crippen LogP contribution < -0.4 is 4.74 Å². The molecule has 1 saturated carbocycles. The van der Waals surface area contributed by atoms with E-state index >= 15 is 0 Å². The molecule has 0 radical (unpaired) electrons. The van der Waals surface area contributed by atoms with Crippen LogP contribution in [0.1, 0.15) is 62.5 Å². The maximum atomic E-state index is 14.6. The molecule has 1 unspecified atom stereocenters. The van der Waals surface area contributed by atoms with Gasteiger partial charge in [0.2, 0.25) is 0 Å². The molecule has 2 aromatic rings. The molecule has 1 fully saturated rings. The third kappa shape index (κ3) is 5.04. The summed E-state index contributed by atoms with van der Waals surface area (Å²) in [5, 5.41) is 0.